The fraction of sp³-hybridized carbons (Fsp3) is 0.500. The largest absolute Gasteiger partial charge is 0.294 e. The van der Waals surface area contributed by atoms with Crippen LogP contribution in [0.1, 0.15) is 20.3 Å². The van der Waals surface area contributed by atoms with Crippen LogP contribution < -0.4 is 0 Å². The van der Waals surface area contributed by atoms with Gasteiger partial charge in [-0.2, -0.15) is 0 Å². The summed E-state index contributed by atoms with van der Waals surface area (Å²) in [6.45, 7) is 4.25. The molecule has 0 saturated heterocycles. The molecule has 0 aromatic rings. The van der Waals surface area contributed by atoms with E-state index in [9.17, 15) is 4.79 Å². The first kappa shape index (κ1) is 11.2. The Hall–Kier alpha value is 0.110. The minimum Gasteiger partial charge on any atom is -0.294 e. The average Bonchev–Trinajstić information content (AvgIpc) is 2.00. The Kier molecular flexibility index (Phi) is 3.52. The summed E-state index contributed by atoms with van der Waals surface area (Å²) in [5.74, 6) is 0.205. The van der Waals surface area contributed by atoms with Crippen LogP contribution in [0.5, 0.6) is 0 Å². The van der Waals surface area contributed by atoms with Gasteiger partial charge in [0, 0.05) is 16.8 Å². The third-order valence-corrected chi connectivity index (χ3v) is 4.03. The smallest absolute Gasteiger partial charge is 0.163 e. The molecule has 1 atom stereocenters. The van der Waals surface area contributed by atoms with Gasteiger partial charge in [-0.3, -0.25) is 4.79 Å². The molecule has 1 nitrogen and oxygen atoms in total. The zero-order valence-electron chi connectivity index (χ0n) is 7.68. The molecule has 0 amide bonds. The molecule has 0 radical (unpaired) electrons. The summed E-state index contributed by atoms with van der Waals surface area (Å²) in [6, 6.07) is 0. The van der Waals surface area contributed by atoms with Crippen LogP contribution in [0.4, 0.5) is 0 Å². The summed E-state index contributed by atoms with van der Waals surface area (Å²) in [6.07, 6.45) is 4.41. The first-order valence-corrected chi connectivity index (χ1v) is 5.97. The van der Waals surface area contributed by atoms with Crippen LogP contribution in [0, 0.1) is 5.41 Å². The van der Waals surface area contributed by atoms with Crippen molar-refractivity contribution in [3.8, 4) is 0 Å². The SMILES string of the molecule is CC1(C)C=C(/C=C/Br)C(=O)CC1Br. The van der Waals surface area contributed by atoms with Gasteiger partial charge in [-0.15, -0.1) is 0 Å². The van der Waals surface area contributed by atoms with Gasteiger partial charge in [-0.05, 0) is 16.5 Å². The first-order valence-electron chi connectivity index (χ1n) is 4.14. The van der Waals surface area contributed by atoms with Crippen LogP contribution in [0.3, 0.4) is 0 Å². The summed E-state index contributed by atoms with van der Waals surface area (Å²) in [5, 5.41) is 0. The van der Waals surface area contributed by atoms with Crippen molar-refractivity contribution in [3.63, 3.8) is 0 Å². The minimum absolute atomic E-state index is 0.0513. The van der Waals surface area contributed by atoms with Crippen molar-refractivity contribution in [2.24, 2.45) is 5.41 Å². The van der Waals surface area contributed by atoms with E-state index in [4.69, 9.17) is 0 Å². The zero-order chi connectivity index (χ0) is 10.1. The molecule has 1 aliphatic carbocycles. The molecule has 0 fully saturated rings. The molecule has 72 valence electrons. The summed E-state index contributed by atoms with van der Waals surface area (Å²) in [7, 11) is 0. The topological polar surface area (TPSA) is 17.1 Å². The van der Waals surface area contributed by atoms with E-state index in [-0.39, 0.29) is 16.0 Å². The number of hydrogen-bond acceptors (Lipinski definition) is 1. The summed E-state index contributed by atoms with van der Waals surface area (Å²) >= 11 is 6.71. The van der Waals surface area contributed by atoms with E-state index in [1.54, 1.807) is 4.99 Å². The zero-order valence-corrected chi connectivity index (χ0v) is 10.9. The second kappa shape index (κ2) is 4.09. The normalized spacial score (nSPS) is 27.8. The number of rotatable bonds is 1. The van der Waals surface area contributed by atoms with Crippen molar-refractivity contribution >= 4 is 37.6 Å². The number of carbonyl (C=O) groups is 1. The van der Waals surface area contributed by atoms with Crippen LogP contribution >= 0.6 is 31.9 Å². The quantitative estimate of drug-likeness (QED) is 0.677. The Bertz CT molecular complexity index is 277. The lowest BCUT2D eigenvalue weighted by Crippen LogP contribution is -2.30. The van der Waals surface area contributed by atoms with Gasteiger partial charge in [0.05, 0.1) is 0 Å². The van der Waals surface area contributed by atoms with Crippen LogP contribution in [0.15, 0.2) is 22.7 Å². The lowest BCUT2D eigenvalue weighted by atomic mass is 9.79. The molecular formula is C10H12Br2O. The number of halogens is 2. The number of Topliss-reactive ketones (excluding diaryl/α,β-unsaturated/α-hetero) is 1. The Labute approximate surface area is 95.5 Å². The molecule has 3 heteroatoms. The Morgan fingerprint density at radius 1 is 1.62 bits per heavy atom. The second-order valence-corrected chi connectivity index (χ2v) is 5.44. The van der Waals surface area contributed by atoms with Gasteiger partial charge < -0.3 is 0 Å². The lowest BCUT2D eigenvalue weighted by Gasteiger charge is -2.31. The van der Waals surface area contributed by atoms with Crippen LogP contribution in [-0.2, 0) is 4.79 Å². The standard InChI is InChI=1S/C10H12Br2O/c1-10(2)6-7(3-4-11)8(13)5-9(10)12/h3-4,6,9H,5H2,1-2H3/b4-3+. The monoisotopic (exact) mass is 306 g/mol. The van der Waals surface area contributed by atoms with E-state index in [1.807, 2.05) is 12.2 Å². The van der Waals surface area contributed by atoms with Gasteiger partial charge in [0.2, 0.25) is 0 Å². The van der Waals surface area contributed by atoms with Crippen molar-refractivity contribution in [1.29, 1.82) is 0 Å². The highest BCUT2D eigenvalue weighted by atomic mass is 79.9. The minimum atomic E-state index is 0.0513. The third kappa shape index (κ3) is 2.53. The number of alkyl halides is 1. The highest BCUT2D eigenvalue weighted by Crippen LogP contribution is 2.37. The predicted octanol–water partition coefficient (Wildman–Crippen LogP) is 3.58. The lowest BCUT2D eigenvalue weighted by molar-refractivity contribution is -0.116. The fourth-order valence-electron chi connectivity index (χ4n) is 1.32. The predicted molar refractivity (Wildman–Crippen MR) is 62.3 cm³/mol. The van der Waals surface area contributed by atoms with Gasteiger partial charge >= 0.3 is 0 Å². The molecular weight excluding hydrogens is 296 g/mol. The number of ketones is 1. The van der Waals surface area contributed by atoms with E-state index >= 15 is 0 Å². The summed E-state index contributed by atoms with van der Waals surface area (Å²) < 4.78 is 0. The highest BCUT2D eigenvalue weighted by molar-refractivity contribution is 9.11. The van der Waals surface area contributed by atoms with Crippen molar-refractivity contribution in [1.82, 2.24) is 0 Å². The van der Waals surface area contributed by atoms with Crippen molar-refractivity contribution in [3.05, 3.63) is 22.7 Å². The van der Waals surface area contributed by atoms with Crippen molar-refractivity contribution in [2.45, 2.75) is 25.1 Å². The van der Waals surface area contributed by atoms with Crippen molar-refractivity contribution in [2.75, 3.05) is 0 Å². The van der Waals surface area contributed by atoms with Gasteiger partial charge in [0.15, 0.2) is 5.78 Å². The van der Waals surface area contributed by atoms with E-state index < -0.39 is 0 Å². The van der Waals surface area contributed by atoms with Gasteiger partial charge in [0.25, 0.3) is 0 Å². The highest BCUT2D eigenvalue weighted by Gasteiger charge is 2.32. The molecule has 0 bridgehead atoms. The molecule has 0 aliphatic heterocycles. The maximum absolute atomic E-state index is 11.5. The molecule has 1 unspecified atom stereocenters. The average molecular weight is 308 g/mol. The molecule has 0 aromatic heterocycles. The number of hydrogen-bond donors (Lipinski definition) is 0. The summed E-state index contributed by atoms with van der Waals surface area (Å²) in [4.78, 5) is 13.5. The molecule has 1 rings (SSSR count). The molecule has 0 spiro atoms. The van der Waals surface area contributed by atoms with Crippen LogP contribution in [-0.4, -0.2) is 10.6 Å². The first-order chi connectivity index (χ1) is 5.97. The Morgan fingerprint density at radius 2 is 2.23 bits per heavy atom. The van der Waals surface area contributed by atoms with Crippen LogP contribution in [0.2, 0.25) is 0 Å². The summed E-state index contributed by atoms with van der Waals surface area (Å²) in [5.41, 5.74) is 0.855. The number of allylic oxidation sites excluding steroid dienone is 3. The molecule has 13 heavy (non-hydrogen) atoms. The van der Waals surface area contributed by atoms with Crippen LogP contribution in [0.25, 0.3) is 0 Å². The van der Waals surface area contributed by atoms with Gasteiger partial charge in [-0.25, -0.2) is 0 Å². The fourth-order valence-corrected chi connectivity index (χ4v) is 2.04. The third-order valence-electron chi connectivity index (χ3n) is 2.26. The van der Waals surface area contributed by atoms with E-state index in [0.717, 1.165) is 5.57 Å². The number of carbonyl (C=O) groups excluding carboxylic acids is 1. The van der Waals surface area contributed by atoms with Gasteiger partial charge in [0.1, 0.15) is 0 Å². The molecule has 0 saturated carbocycles. The van der Waals surface area contributed by atoms with E-state index in [2.05, 4.69) is 45.7 Å². The maximum atomic E-state index is 11.5. The Balaban J connectivity index is 3.01. The van der Waals surface area contributed by atoms with E-state index in [0.29, 0.717) is 6.42 Å². The molecule has 1 aliphatic rings. The maximum Gasteiger partial charge on any atom is 0.163 e. The van der Waals surface area contributed by atoms with E-state index in [1.165, 1.54) is 0 Å². The van der Waals surface area contributed by atoms with Gasteiger partial charge in [-0.1, -0.05) is 51.8 Å². The molecule has 0 heterocycles. The molecule has 0 aromatic carbocycles. The van der Waals surface area contributed by atoms with Crippen molar-refractivity contribution < 1.29 is 4.79 Å². The second-order valence-electron chi connectivity index (χ2n) is 3.81. The Morgan fingerprint density at radius 3 is 2.77 bits per heavy atom. The molecule has 0 N–H and O–H groups in total.